The number of nitrogens with one attached hydrogen (secondary N) is 1. The van der Waals surface area contributed by atoms with E-state index in [1.807, 2.05) is 0 Å². The lowest BCUT2D eigenvalue weighted by atomic mass is 9.77. The third kappa shape index (κ3) is 3.37. The summed E-state index contributed by atoms with van der Waals surface area (Å²) in [7, 11) is 0. The van der Waals surface area contributed by atoms with Crippen LogP contribution in [0.25, 0.3) is 0 Å². The Morgan fingerprint density at radius 3 is 2.52 bits per heavy atom. The van der Waals surface area contributed by atoms with Crippen LogP contribution in [-0.2, 0) is 12.1 Å². The van der Waals surface area contributed by atoms with E-state index in [4.69, 9.17) is 10.3 Å². The molecule has 0 spiro atoms. The molecular formula is C15H17F3N4O. The molecule has 8 heteroatoms. The number of nitrogens with two attached hydrogens (primary N) is 1. The molecule has 1 saturated carbocycles. The summed E-state index contributed by atoms with van der Waals surface area (Å²) in [6, 6.07) is 5.85. The average Bonchev–Trinajstić information content (AvgIpc) is 2.94. The Kier molecular flexibility index (Phi) is 4.11. The minimum Gasteiger partial charge on any atom is -0.338 e. The van der Waals surface area contributed by atoms with Gasteiger partial charge in [0.2, 0.25) is 5.89 Å². The second kappa shape index (κ2) is 5.93. The molecule has 1 fully saturated rings. The van der Waals surface area contributed by atoms with E-state index in [2.05, 4.69) is 15.5 Å². The number of aromatic nitrogens is 2. The van der Waals surface area contributed by atoms with E-state index in [9.17, 15) is 13.2 Å². The van der Waals surface area contributed by atoms with Crippen LogP contribution in [0.5, 0.6) is 0 Å². The van der Waals surface area contributed by atoms with Crippen LogP contribution < -0.4 is 11.1 Å². The second-order valence-electron chi connectivity index (χ2n) is 5.79. The smallest absolute Gasteiger partial charge is 0.338 e. The molecule has 23 heavy (non-hydrogen) atoms. The fourth-order valence-electron chi connectivity index (χ4n) is 2.57. The van der Waals surface area contributed by atoms with E-state index in [1.54, 1.807) is 18.2 Å². The third-order valence-electron chi connectivity index (χ3n) is 4.08. The SMILES string of the molecule is NC1(c2noc(CNC(c3ccccc3)C(F)(F)F)n2)CCC1. The van der Waals surface area contributed by atoms with Crippen molar-refractivity contribution in [2.75, 3.05) is 0 Å². The molecule has 1 aromatic carbocycles. The number of hydrogen-bond acceptors (Lipinski definition) is 5. The van der Waals surface area contributed by atoms with Gasteiger partial charge in [0.15, 0.2) is 5.82 Å². The summed E-state index contributed by atoms with van der Waals surface area (Å²) < 4.78 is 44.7. The largest absolute Gasteiger partial charge is 0.407 e. The molecule has 5 nitrogen and oxygen atoms in total. The van der Waals surface area contributed by atoms with Gasteiger partial charge in [0.1, 0.15) is 6.04 Å². The van der Waals surface area contributed by atoms with Crippen molar-refractivity contribution in [3.8, 4) is 0 Å². The molecule has 0 bridgehead atoms. The maximum absolute atomic E-state index is 13.2. The van der Waals surface area contributed by atoms with Crippen LogP contribution in [0.3, 0.4) is 0 Å². The maximum Gasteiger partial charge on any atom is 0.407 e. The predicted molar refractivity (Wildman–Crippen MR) is 76.1 cm³/mol. The van der Waals surface area contributed by atoms with Gasteiger partial charge in [-0.1, -0.05) is 35.5 Å². The molecule has 0 amide bonds. The summed E-state index contributed by atoms with van der Waals surface area (Å²) in [6.07, 6.45) is -1.92. The van der Waals surface area contributed by atoms with Crippen LogP contribution in [0.4, 0.5) is 13.2 Å². The molecule has 1 heterocycles. The van der Waals surface area contributed by atoms with E-state index in [0.717, 1.165) is 19.3 Å². The van der Waals surface area contributed by atoms with Gasteiger partial charge in [-0.15, -0.1) is 0 Å². The molecule has 0 aliphatic heterocycles. The van der Waals surface area contributed by atoms with Gasteiger partial charge < -0.3 is 10.3 Å². The van der Waals surface area contributed by atoms with Crippen LogP contribution in [0.2, 0.25) is 0 Å². The van der Waals surface area contributed by atoms with Crippen molar-refractivity contribution in [3.63, 3.8) is 0 Å². The number of alkyl halides is 3. The van der Waals surface area contributed by atoms with E-state index < -0.39 is 17.8 Å². The molecule has 1 aliphatic rings. The first kappa shape index (κ1) is 15.9. The highest BCUT2D eigenvalue weighted by atomic mass is 19.4. The number of benzene rings is 1. The Hall–Kier alpha value is -1.93. The van der Waals surface area contributed by atoms with Gasteiger partial charge >= 0.3 is 6.18 Å². The third-order valence-corrected chi connectivity index (χ3v) is 4.08. The summed E-state index contributed by atoms with van der Waals surface area (Å²) in [5.41, 5.74) is 5.61. The Morgan fingerprint density at radius 2 is 1.96 bits per heavy atom. The fraction of sp³-hybridized carbons (Fsp3) is 0.467. The summed E-state index contributed by atoms with van der Waals surface area (Å²) in [5.74, 6) is 0.464. The fourth-order valence-corrected chi connectivity index (χ4v) is 2.57. The molecule has 3 rings (SSSR count). The Morgan fingerprint density at radius 1 is 1.26 bits per heavy atom. The van der Waals surface area contributed by atoms with Crippen molar-refractivity contribution in [2.24, 2.45) is 5.73 Å². The Labute approximate surface area is 131 Å². The first-order chi connectivity index (χ1) is 10.9. The second-order valence-corrected chi connectivity index (χ2v) is 5.79. The highest BCUT2D eigenvalue weighted by Gasteiger charge is 2.41. The molecule has 1 aliphatic carbocycles. The van der Waals surface area contributed by atoms with Crippen LogP contribution in [-0.4, -0.2) is 16.3 Å². The lowest BCUT2D eigenvalue weighted by Gasteiger charge is -2.34. The highest BCUT2D eigenvalue weighted by molar-refractivity contribution is 5.20. The van der Waals surface area contributed by atoms with Gasteiger partial charge in [-0.05, 0) is 24.8 Å². The van der Waals surface area contributed by atoms with Crippen molar-refractivity contribution >= 4 is 0 Å². The Bertz CT molecular complexity index is 652. The molecule has 2 aromatic rings. The summed E-state index contributed by atoms with van der Waals surface area (Å²) in [5, 5.41) is 6.22. The zero-order valence-corrected chi connectivity index (χ0v) is 12.3. The van der Waals surface area contributed by atoms with Crippen molar-refractivity contribution in [3.05, 3.63) is 47.6 Å². The summed E-state index contributed by atoms with van der Waals surface area (Å²) in [4.78, 5) is 4.12. The van der Waals surface area contributed by atoms with Crippen LogP contribution in [0.15, 0.2) is 34.9 Å². The van der Waals surface area contributed by atoms with Crippen molar-refractivity contribution in [1.29, 1.82) is 0 Å². The van der Waals surface area contributed by atoms with Crippen LogP contribution >= 0.6 is 0 Å². The Balaban J connectivity index is 1.70. The van der Waals surface area contributed by atoms with Gasteiger partial charge in [-0.25, -0.2) is 0 Å². The minimum absolute atomic E-state index is 0.0990. The number of nitrogens with zero attached hydrogens (tertiary/aromatic N) is 2. The van der Waals surface area contributed by atoms with Crippen LogP contribution in [0.1, 0.15) is 42.6 Å². The first-order valence-electron chi connectivity index (χ1n) is 7.35. The van der Waals surface area contributed by atoms with Crippen molar-refractivity contribution in [1.82, 2.24) is 15.5 Å². The average molecular weight is 326 g/mol. The molecule has 1 unspecified atom stereocenters. The molecule has 3 N–H and O–H groups in total. The predicted octanol–water partition coefficient (Wildman–Crippen LogP) is 2.80. The van der Waals surface area contributed by atoms with E-state index in [0.29, 0.717) is 5.82 Å². The van der Waals surface area contributed by atoms with E-state index >= 15 is 0 Å². The molecular weight excluding hydrogens is 309 g/mol. The van der Waals surface area contributed by atoms with Crippen molar-refractivity contribution in [2.45, 2.75) is 43.6 Å². The molecule has 1 atom stereocenters. The number of rotatable bonds is 5. The summed E-state index contributed by atoms with van der Waals surface area (Å²) in [6.45, 7) is -0.178. The first-order valence-corrected chi connectivity index (χ1v) is 7.35. The topological polar surface area (TPSA) is 77.0 Å². The van der Waals surface area contributed by atoms with E-state index in [1.165, 1.54) is 12.1 Å². The van der Waals surface area contributed by atoms with Crippen LogP contribution in [0, 0.1) is 0 Å². The van der Waals surface area contributed by atoms with E-state index in [-0.39, 0.29) is 18.0 Å². The zero-order valence-electron chi connectivity index (χ0n) is 12.3. The number of hydrogen-bond donors (Lipinski definition) is 2. The highest BCUT2D eigenvalue weighted by Crippen LogP contribution is 2.37. The van der Waals surface area contributed by atoms with Gasteiger partial charge in [-0.2, -0.15) is 18.2 Å². The normalized spacial score (nSPS) is 18.4. The quantitative estimate of drug-likeness (QED) is 0.883. The zero-order chi connectivity index (χ0) is 16.5. The standard InChI is InChI=1S/C15H17F3N4O/c16-15(17,18)12(10-5-2-1-3-6-10)20-9-11-21-13(22-23-11)14(19)7-4-8-14/h1-3,5-6,12,20H,4,7-9,19H2. The van der Waals surface area contributed by atoms with Gasteiger partial charge in [-0.3, -0.25) is 5.32 Å². The molecule has 0 saturated heterocycles. The molecule has 124 valence electrons. The van der Waals surface area contributed by atoms with Gasteiger partial charge in [0.05, 0.1) is 12.1 Å². The maximum atomic E-state index is 13.2. The van der Waals surface area contributed by atoms with Crippen molar-refractivity contribution < 1.29 is 17.7 Å². The lowest BCUT2D eigenvalue weighted by molar-refractivity contribution is -0.158. The minimum atomic E-state index is -4.42. The summed E-state index contributed by atoms with van der Waals surface area (Å²) >= 11 is 0. The monoisotopic (exact) mass is 326 g/mol. The number of halogens is 3. The van der Waals surface area contributed by atoms with Gasteiger partial charge in [0, 0.05) is 0 Å². The molecule has 1 aromatic heterocycles. The van der Waals surface area contributed by atoms with Gasteiger partial charge in [0.25, 0.3) is 0 Å². The lowest BCUT2D eigenvalue weighted by Crippen LogP contribution is -2.44. The molecule has 0 radical (unpaired) electrons.